The molecular weight excluding hydrogens is 977 g/mol. The third kappa shape index (κ3) is 8.52. The monoisotopic (exact) mass is 1020 g/mol. The van der Waals surface area contributed by atoms with Crippen molar-refractivity contribution in [1.82, 2.24) is 39.9 Å². The summed E-state index contributed by atoms with van der Waals surface area (Å²) in [5.74, 6) is 3.94. The highest BCUT2D eigenvalue weighted by molar-refractivity contribution is 5.79. The Hall–Kier alpha value is -10.7. The van der Waals surface area contributed by atoms with Crippen molar-refractivity contribution in [2.24, 2.45) is 0 Å². The van der Waals surface area contributed by atoms with Crippen LogP contribution in [0.4, 0.5) is 0 Å². The quantitative estimate of drug-likeness (QED) is 0.133. The van der Waals surface area contributed by atoms with Gasteiger partial charge in [0, 0.05) is 68.7 Å². The lowest BCUT2D eigenvalue weighted by molar-refractivity contribution is 0.755. The van der Waals surface area contributed by atoms with E-state index in [-0.39, 0.29) is 11.8 Å². The predicted octanol–water partition coefficient (Wildman–Crippen LogP) is 16.5. The van der Waals surface area contributed by atoms with Gasteiger partial charge in [-0.25, -0.2) is 29.9 Å². The second kappa shape index (κ2) is 19.7. The summed E-state index contributed by atoms with van der Waals surface area (Å²) < 4.78 is 0. The summed E-state index contributed by atoms with van der Waals surface area (Å²) in [6.07, 6.45) is 3.62. The van der Waals surface area contributed by atoms with Gasteiger partial charge in [0.25, 0.3) is 0 Å². The van der Waals surface area contributed by atoms with Gasteiger partial charge in [-0.2, -0.15) is 0 Å². The Morgan fingerprint density at radius 1 is 0.188 bits per heavy atom. The van der Waals surface area contributed by atoms with Gasteiger partial charge in [0.05, 0.1) is 11.4 Å². The first-order valence-corrected chi connectivity index (χ1v) is 26.9. The molecule has 0 saturated carbocycles. The molecular formula is C72H46N8. The van der Waals surface area contributed by atoms with Crippen molar-refractivity contribution < 1.29 is 0 Å². The summed E-state index contributed by atoms with van der Waals surface area (Å²) in [6, 6.07) is 89.0. The van der Waals surface area contributed by atoms with Gasteiger partial charge in [-0.3, -0.25) is 9.97 Å². The van der Waals surface area contributed by atoms with Crippen LogP contribution in [0.5, 0.6) is 0 Å². The zero-order chi connectivity index (χ0) is 52.9. The van der Waals surface area contributed by atoms with Gasteiger partial charge in [-0.05, 0) is 92.0 Å². The average Bonchev–Trinajstić information content (AvgIpc) is 3.61. The van der Waals surface area contributed by atoms with E-state index in [0.717, 1.165) is 67.0 Å². The third-order valence-corrected chi connectivity index (χ3v) is 15.5. The summed E-state index contributed by atoms with van der Waals surface area (Å²) in [5, 5.41) is 0. The maximum atomic E-state index is 5.06. The molecule has 2 bridgehead atoms. The fourth-order valence-corrected chi connectivity index (χ4v) is 11.5. The van der Waals surface area contributed by atoms with Crippen LogP contribution in [0.1, 0.15) is 45.2 Å². The Morgan fingerprint density at radius 3 is 0.775 bits per heavy atom. The van der Waals surface area contributed by atoms with E-state index in [4.69, 9.17) is 29.9 Å². The average molecular weight is 1020 g/mol. The predicted molar refractivity (Wildman–Crippen MR) is 318 cm³/mol. The van der Waals surface area contributed by atoms with E-state index in [1.54, 1.807) is 0 Å². The van der Waals surface area contributed by atoms with Crippen molar-refractivity contribution in [3.8, 4) is 113 Å². The Labute approximate surface area is 463 Å². The molecule has 0 aliphatic heterocycles. The van der Waals surface area contributed by atoms with E-state index in [2.05, 4.69) is 168 Å². The van der Waals surface area contributed by atoms with E-state index >= 15 is 0 Å². The van der Waals surface area contributed by atoms with Crippen LogP contribution >= 0.6 is 0 Å². The van der Waals surface area contributed by atoms with Gasteiger partial charge in [-0.15, -0.1) is 0 Å². The standard InChI is InChI=1S/C72H46N8/c1-3-13-49(14-4-1)67-75-69(79-71(77-67)53-33-25-47(26-34-53)63-19-9-11-41-73-63)51-29-21-45(22-30-51)55-37-39-59-61(43-55)65-57-17-7-8-18-58(57)66(59)62-44-56(38-40-60(62)65)46-23-31-52(32-24-46)70-76-68(50-15-5-2-6-16-50)78-72(80-70)54-35-27-48(28-36-54)64-20-10-12-42-74-64/h1-44,65-66H. The normalized spacial score (nSPS) is 13.8. The smallest absolute Gasteiger partial charge is 0.164 e. The maximum absolute atomic E-state index is 5.06. The van der Waals surface area contributed by atoms with Gasteiger partial charge in [0.15, 0.2) is 34.9 Å². The van der Waals surface area contributed by atoms with Crippen LogP contribution in [0.3, 0.4) is 0 Å². The fourth-order valence-electron chi connectivity index (χ4n) is 11.5. The number of benzene rings is 9. The van der Waals surface area contributed by atoms with Crippen LogP contribution in [0.15, 0.2) is 267 Å². The van der Waals surface area contributed by atoms with E-state index in [9.17, 15) is 0 Å². The van der Waals surface area contributed by atoms with Crippen LogP contribution in [-0.2, 0) is 0 Å². The molecule has 0 radical (unpaired) electrons. The largest absolute Gasteiger partial charge is 0.256 e. The number of hydrogen-bond acceptors (Lipinski definition) is 8. The second-order valence-corrected chi connectivity index (χ2v) is 20.3. The van der Waals surface area contributed by atoms with Gasteiger partial charge < -0.3 is 0 Å². The van der Waals surface area contributed by atoms with Gasteiger partial charge >= 0.3 is 0 Å². The molecule has 0 saturated heterocycles. The number of hydrogen-bond donors (Lipinski definition) is 0. The molecule has 16 rings (SSSR count). The van der Waals surface area contributed by atoms with Crippen molar-refractivity contribution >= 4 is 0 Å². The highest BCUT2D eigenvalue weighted by Gasteiger charge is 2.41. The molecule has 0 spiro atoms. The fraction of sp³-hybridized carbons (Fsp3) is 0.0278. The lowest BCUT2D eigenvalue weighted by Gasteiger charge is -2.42. The van der Waals surface area contributed by atoms with Crippen molar-refractivity contribution in [3.05, 3.63) is 301 Å². The minimum Gasteiger partial charge on any atom is -0.256 e. The molecule has 0 fully saturated rings. The molecule has 4 aromatic heterocycles. The molecule has 13 aromatic rings. The first-order valence-electron chi connectivity index (χ1n) is 26.9. The molecule has 8 heteroatoms. The van der Waals surface area contributed by atoms with E-state index in [1.807, 2.05) is 109 Å². The lowest BCUT2D eigenvalue weighted by Crippen LogP contribution is -2.27. The molecule has 3 aliphatic rings. The first-order chi connectivity index (χ1) is 39.6. The first kappa shape index (κ1) is 46.6. The van der Waals surface area contributed by atoms with Crippen LogP contribution in [0.25, 0.3) is 113 Å². The molecule has 3 aliphatic carbocycles. The third-order valence-electron chi connectivity index (χ3n) is 15.5. The Balaban J connectivity index is 0.727. The molecule has 4 heterocycles. The summed E-state index contributed by atoms with van der Waals surface area (Å²) in [4.78, 5) is 39.2. The SMILES string of the molecule is c1ccc(-c2nc(-c3ccc(-c4ccc5c(c4)C4c6ccccc6C5c5cc(-c6ccc(-c7nc(-c8ccccc8)nc(-c8ccc(-c9ccccn9)cc8)n7)cc6)ccc54)cc3)nc(-c3ccc(-c4ccccn4)cc3)n2)cc1. The number of rotatable bonds is 10. The summed E-state index contributed by atoms with van der Waals surface area (Å²) in [6.45, 7) is 0. The molecule has 0 N–H and O–H groups in total. The van der Waals surface area contributed by atoms with E-state index in [0.29, 0.717) is 34.9 Å². The Kier molecular flexibility index (Phi) is 11.5. The second-order valence-electron chi connectivity index (χ2n) is 20.3. The Morgan fingerprint density at radius 2 is 0.450 bits per heavy atom. The van der Waals surface area contributed by atoms with Gasteiger partial charge in [0.1, 0.15) is 0 Å². The minimum atomic E-state index is 0.109. The molecule has 80 heavy (non-hydrogen) atoms. The van der Waals surface area contributed by atoms with E-state index in [1.165, 1.54) is 44.5 Å². The molecule has 0 amide bonds. The molecule has 374 valence electrons. The highest BCUT2D eigenvalue weighted by Crippen LogP contribution is 2.57. The maximum Gasteiger partial charge on any atom is 0.164 e. The van der Waals surface area contributed by atoms with Crippen LogP contribution in [0.2, 0.25) is 0 Å². The van der Waals surface area contributed by atoms with Crippen LogP contribution in [-0.4, -0.2) is 39.9 Å². The molecule has 8 nitrogen and oxygen atoms in total. The summed E-state index contributed by atoms with van der Waals surface area (Å²) in [7, 11) is 0. The summed E-state index contributed by atoms with van der Waals surface area (Å²) in [5.41, 5.74) is 22.2. The van der Waals surface area contributed by atoms with E-state index < -0.39 is 0 Å². The molecule has 9 aromatic carbocycles. The molecule has 2 atom stereocenters. The zero-order valence-electron chi connectivity index (χ0n) is 43.1. The highest BCUT2D eigenvalue weighted by atomic mass is 15.0. The van der Waals surface area contributed by atoms with Crippen molar-refractivity contribution in [2.75, 3.05) is 0 Å². The number of pyridine rings is 2. The molecule has 2 unspecified atom stereocenters. The van der Waals surface area contributed by atoms with Gasteiger partial charge in [-0.1, -0.05) is 218 Å². The van der Waals surface area contributed by atoms with Crippen molar-refractivity contribution in [2.45, 2.75) is 11.8 Å². The number of aromatic nitrogens is 8. The van der Waals surface area contributed by atoms with Crippen molar-refractivity contribution in [3.63, 3.8) is 0 Å². The summed E-state index contributed by atoms with van der Waals surface area (Å²) >= 11 is 0. The minimum absolute atomic E-state index is 0.109. The van der Waals surface area contributed by atoms with Gasteiger partial charge in [0.2, 0.25) is 0 Å². The zero-order valence-corrected chi connectivity index (χ0v) is 43.1. The Bertz CT molecular complexity index is 4130. The van der Waals surface area contributed by atoms with Crippen molar-refractivity contribution in [1.29, 1.82) is 0 Å². The lowest BCUT2D eigenvalue weighted by atomic mass is 9.60. The van der Waals surface area contributed by atoms with Crippen LogP contribution < -0.4 is 0 Å². The van der Waals surface area contributed by atoms with Crippen LogP contribution in [0, 0.1) is 0 Å². The number of nitrogens with zero attached hydrogens (tertiary/aromatic N) is 8. The topological polar surface area (TPSA) is 103 Å².